The maximum absolute atomic E-state index is 12.0. The van der Waals surface area contributed by atoms with Gasteiger partial charge in [0.1, 0.15) is 0 Å². The van der Waals surface area contributed by atoms with Crippen LogP contribution in [0.4, 0.5) is 0 Å². The van der Waals surface area contributed by atoms with Crippen LogP contribution in [0.1, 0.15) is 15.9 Å². The summed E-state index contributed by atoms with van der Waals surface area (Å²) in [5.41, 5.74) is 2.72. The van der Waals surface area contributed by atoms with Crippen molar-refractivity contribution >= 4 is 12.1 Å². The van der Waals surface area contributed by atoms with Gasteiger partial charge >= 0.3 is 0 Å². The molecule has 0 bridgehead atoms. The SMILES string of the molecule is COc1cc(/C=N/NC(=O)c2cc(O)c(O)c(O)c2)cc(OC)c1OC. The Kier molecular flexibility index (Phi) is 5.74. The fraction of sp³-hybridized carbons (Fsp3) is 0.176. The highest BCUT2D eigenvalue weighted by atomic mass is 16.5. The monoisotopic (exact) mass is 362 g/mol. The normalized spacial score (nSPS) is 10.6. The highest BCUT2D eigenvalue weighted by Gasteiger charge is 2.14. The third kappa shape index (κ3) is 3.89. The van der Waals surface area contributed by atoms with E-state index in [0.717, 1.165) is 12.1 Å². The molecule has 2 rings (SSSR count). The molecule has 138 valence electrons. The van der Waals surface area contributed by atoms with Gasteiger partial charge in [-0.3, -0.25) is 4.79 Å². The number of hydrazone groups is 1. The van der Waals surface area contributed by atoms with E-state index < -0.39 is 23.2 Å². The molecule has 0 saturated carbocycles. The van der Waals surface area contributed by atoms with Crippen LogP contribution in [0.25, 0.3) is 0 Å². The molecule has 0 atom stereocenters. The van der Waals surface area contributed by atoms with Gasteiger partial charge in [0.05, 0.1) is 27.5 Å². The van der Waals surface area contributed by atoms with Crippen LogP contribution in [0.15, 0.2) is 29.4 Å². The van der Waals surface area contributed by atoms with Crippen LogP contribution in [-0.2, 0) is 0 Å². The summed E-state index contributed by atoms with van der Waals surface area (Å²) in [5, 5.41) is 31.9. The molecule has 2 aromatic carbocycles. The summed E-state index contributed by atoms with van der Waals surface area (Å²) in [6, 6.07) is 5.27. The average Bonchev–Trinajstić information content (AvgIpc) is 2.64. The summed E-state index contributed by atoms with van der Waals surface area (Å²) in [4.78, 5) is 12.0. The number of rotatable bonds is 6. The number of phenols is 3. The van der Waals surface area contributed by atoms with Gasteiger partial charge in [-0.05, 0) is 24.3 Å². The number of methoxy groups -OCH3 is 3. The summed E-state index contributed by atoms with van der Waals surface area (Å²) in [6.07, 6.45) is 1.35. The standard InChI is InChI=1S/C17H18N2O7/c1-24-13-4-9(5-14(25-2)16(13)26-3)8-18-19-17(23)10-6-11(20)15(22)12(21)7-10/h4-8,20-22H,1-3H3,(H,19,23)/b18-8+. The summed E-state index contributed by atoms with van der Waals surface area (Å²) < 4.78 is 15.7. The number of nitrogens with one attached hydrogen (secondary N) is 1. The van der Waals surface area contributed by atoms with Crippen LogP contribution >= 0.6 is 0 Å². The number of phenolic OH excluding ortho intramolecular Hbond substituents is 3. The Hall–Kier alpha value is -3.62. The fourth-order valence-electron chi connectivity index (χ4n) is 2.14. The van der Waals surface area contributed by atoms with E-state index in [9.17, 15) is 20.1 Å². The molecule has 0 radical (unpaired) electrons. The number of amides is 1. The van der Waals surface area contributed by atoms with Gasteiger partial charge < -0.3 is 29.5 Å². The number of carbonyl (C=O) groups excluding carboxylic acids is 1. The van der Waals surface area contributed by atoms with Gasteiger partial charge in [0.25, 0.3) is 5.91 Å². The third-order valence-electron chi connectivity index (χ3n) is 3.40. The molecule has 9 heteroatoms. The molecule has 0 aliphatic rings. The Morgan fingerprint density at radius 2 is 1.50 bits per heavy atom. The van der Waals surface area contributed by atoms with Crippen LogP contribution in [0.3, 0.4) is 0 Å². The van der Waals surface area contributed by atoms with Crippen LogP contribution in [0, 0.1) is 0 Å². The zero-order chi connectivity index (χ0) is 19.3. The molecule has 0 unspecified atom stereocenters. The van der Waals surface area contributed by atoms with E-state index in [2.05, 4.69) is 10.5 Å². The molecule has 0 aromatic heterocycles. The number of carbonyl (C=O) groups is 1. The number of hydrogen-bond donors (Lipinski definition) is 4. The van der Waals surface area contributed by atoms with Crippen molar-refractivity contribution in [3.63, 3.8) is 0 Å². The molecule has 2 aromatic rings. The molecule has 0 aliphatic heterocycles. The molecule has 26 heavy (non-hydrogen) atoms. The van der Waals surface area contributed by atoms with Crippen LogP contribution in [0.5, 0.6) is 34.5 Å². The first-order chi connectivity index (χ1) is 12.4. The summed E-state index contributed by atoms with van der Waals surface area (Å²) in [6.45, 7) is 0. The minimum Gasteiger partial charge on any atom is -0.504 e. The molecule has 0 saturated heterocycles. The second-order valence-corrected chi connectivity index (χ2v) is 5.02. The second-order valence-electron chi connectivity index (χ2n) is 5.02. The van der Waals surface area contributed by atoms with E-state index in [4.69, 9.17) is 14.2 Å². The number of nitrogens with zero attached hydrogens (tertiary/aromatic N) is 1. The molecule has 4 N–H and O–H groups in total. The van der Waals surface area contributed by atoms with Gasteiger partial charge in [-0.15, -0.1) is 0 Å². The molecule has 9 nitrogen and oxygen atoms in total. The zero-order valence-electron chi connectivity index (χ0n) is 14.3. The molecule has 0 aliphatic carbocycles. The smallest absolute Gasteiger partial charge is 0.271 e. The highest BCUT2D eigenvalue weighted by molar-refractivity contribution is 5.96. The van der Waals surface area contributed by atoms with E-state index in [0.29, 0.717) is 22.8 Å². The highest BCUT2D eigenvalue weighted by Crippen LogP contribution is 2.38. The number of aromatic hydroxyl groups is 3. The van der Waals surface area contributed by atoms with Crippen LogP contribution in [-0.4, -0.2) is 48.8 Å². The Morgan fingerprint density at radius 3 is 1.96 bits per heavy atom. The minimum absolute atomic E-state index is 0.0835. The van der Waals surface area contributed by atoms with Crippen molar-refractivity contribution in [2.24, 2.45) is 5.10 Å². The maximum Gasteiger partial charge on any atom is 0.271 e. The van der Waals surface area contributed by atoms with Crippen LogP contribution in [0.2, 0.25) is 0 Å². The molecule has 0 spiro atoms. The van der Waals surface area contributed by atoms with Crippen LogP contribution < -0.4 is 19.6 Å². The molecular weight excluding hydrogens is 344 g/mol. The Bertz CT molecular complexity index is 801. The predicted molar refractivity (Wildman–Crippen MR) is 92.6 cm³/mol. The lowest BCUT2D eigenvalue weighted by atomic mass is 10.2. The van der Waals surface area contributed by atoms with Crippen molar-refractivity contribution in [2.45, 2.75) is 0 Å². The lowest BCUT2D eigenvalue weighted by Crippen LogP contribution is -2.17. The number of ether oxygens (including phenoxy) is 3. The molecular formula is C17H18N2O7. The maximum atomic E-state index is 12.0. The number of benzene rings is 2. The van der Waals surface area contributed by atoms with E-state index >= 15 is 0 Å². The first-order valence-corrected chi connectivity index (χ1v) is 7.29. The first-order valence-electron chi connectivity index (χ1n) is 7.29. The van der Waals surface area contributed by atoms with Gasteiger partial charge in [0, 0.05) is 11.1 Å². The van der Waals surface area contributed by atoms with Gasteiger partial charge in [-0.25, -0.2) is 5.43 Å². The Labute approximate surface area is 149 Å². The summed E-state index contributed by atoms with van der Waals surface area (Å²) in [7, 11) is 4.43. The minimum atomic E-state index is -0.706. The van der Waals surface area contributed by atoms with E-state index in [1.165, 1.54) is 27.5 Å². The van der Waals surface area contributed by atoms with Crippen molar-refractivity contribution in [2.75, 3.05) is 21.3 Å². The van der Waals surface area contributed by atoms with Gasteiger partial charge in [-0.2, -0.15) is 5.10 Å². The third-order valence-corrected chi connectivity index (χ3v) is 3.40. The van der Waals surface area contributed by atoms with Crippen molar-refractivity contribution in [1.82, 2.24) is 5.43 Å². The quantitative estimate of drug-likeness (QED) is 0.349. The number of hydrogen-bond acceptors (Lipinski definition) is 8. The molecule has 0 fully saturated rings. The first kappa shape index (κ1) is 18.7. The van der Waals surface area contributed by atoms with Crippen molar-refractivity contribution in [3.8, 4) is 34.5 Å². The lowest BCUT2D eigenvalue weighted by Gasteiger charge is -2.12. The lowest BCUT2D eigenvalue weighted by molar-refractivity contribution is 0.0954. The van der Waals surface area contributed by atoms with Crippen molar-refractivity contribution < 1.29 is 34.3 Å². The summed E-state index contributed by atoms with van der Waals surface area (Å²) in [5.74, 6) is -1.37. The average molecular weight is 362 g/mol. The van der Waals surface area contributed by atoms with E-state index in [1.807, 2.05) is 0 Å². The largest absolute Gasteiger partial charge is 0.504 e. The summed E-state index contributed by atoms with van der Waals surface area (Å²) >= 11 is 0. The van der Waals surface area contributed by atoms with Gasteiger partial charge in [-0.1, -0.05) is 0 Å². The van der Waals surface area contributed by atoms with Gasteiger partial charge in [0.15, 0.2) is 28.7 Å². The fourth-order valence-corrected chi connectivity index (χ4v) is 2.14. The molecule has 1 amide bonds. The topological polar surface area (TPSA) is 130 Å². The zero-order valence-corrected chi connectivity index (χ0v) is 14.3. The van der Waals surface area contributed by atoms with E-state index in [1.54, 1.807) is 12.1 Å². The van der Waals surface area contributed by atoms with E-state index in [-0.39, 0.29) is 5.56 Å². The Balaban J connectivity index is 2.19. The Morgan fingerprint density at radius 1 is 0.962 bits per heavy atom. The van der Waals surface area contributed by atoms with Crippen molar-refractivity contribution in [3.05, 3.63) is 35.4 Å². The predicted octanol–water partition coefficient (Wildman–Crippen LogP) is 1.59. The molecule has 0 heterocycles. The van der Waals surface area contributed by atoms with Gasteiger partial charge in [0.2, 0.25) is 5.75 Å². The van der Waals surface area contributed by atoms with Crippen molar-refractivity contribution in [1.29, 1.82) is 0 Å². The second kappa shape index (κ2) is 7.97.